The SMILES string of the molecule is CN1CCC(SCC(=O)[O-])CC1.[K+]. The van der Waals surface area contributed by atoms with Crippen LogP contribution in [0.5, 0.6) is 0 Å². The number of likely N-dealkylation sites (tertiary alicyclic amines) is 1. The average Bonchev–Trinajstić information content (AvgIpc) is 2.03. The molecule has 0 radical (unpaired) electrons. The Morgan fingerprint density at radius 3 is 2.54 bits per heavy atom. The molecule has 0 spiro atoms. The molecular weight excluding hydrogens is 213 g/mol. The van der Waals surface area contributed by atoms with Crippen LogP contribution in [0.2, 0.25) is 0 Å². The molecule has 3 nitrogen and oxygen atoms in total. The van der Waals surface area contributed by atoms with Gasteiger partial charge >= 0.3 is 51.4 Å². The number of carboxylic acids is 1. The van der Waals surface area contributed by atoms with Gasteiger partial charge in [-0.15, -0.1) is 0 Å². The third-order valence-corrected chi connectivity index (χ3v) is 3.45. The quantitative estimate of drug-likeness (QED) is 0.471. The van der Waals surface area contributed by atoms with Crippen LogP contribution in [-0.2, 0) is 4.79 Å². The third-order valence-electron chi connectivity index (χ3n) is 2.10. The van der Waals surface area contributed by atoms with Crippen LogP contribution in [0, 0.1) is 0 Å². The van der Waals surface area contributed by atoms with Gasteiger partial charge in [0, 0.05) is 11.0 Å². The number of carbonyl (C=O) groups excluding carboxylic acids is 1. The van der Waals surface area contributed by atoms with E-state index in [1.165, 1.54) is 11.8 Å². The summed E-state index contributed by atoms with van der Waals surface area (Å²) >= 11 is 1.52. The molecule has 0 aromatic carbocycles. The second kappa shape index (κ2) is 7.67. The first-order valence-corrected chi connectivity index (χ1v) is 5.23. The molecule has 0 bridgehead atoms. The van der Waals surface area contributed by atoms with Gasteiger partial charge in [0.15, 0.2) is 0 Å². The Labute approximate surface area is 126 Å². The molecule has 1 saturated heterocycles. The summed E-state index contributed by atoms with van der Waals surface area (Å²) in [7, 11) is 2.10. The third kappa shape index (κ3) is 6.49. The number of carbonyl (C=O) groups is 1. The fourth-order valence-electron chi connectivity index (χ4n) is 1.34. The Kier molecular flexibility index (Phi) is 8.51. The van der Waals surface area contributed by atoms with Crippen molar-refractivity contribution in [2.45, 2.75) is 18.1 Å². The van der Waals surface area contributed by atoms with Crippen molar-refractivity contribution in [3.05, 3.63) is 0 Å². The molecular formula is C8H14KNO2S. The maximum atomic E-state index is 10.2. The minimum absolute atomic E-state index is 0. The number of rotatable bonds is 3. The second-order valence-corrected chi connectivity index (χ2v) is 4.47. The minimum atomic E-state index is -0.945. The summed E-state index contributed by atoms with van der Waals surface area (Å²) in [5.41, 5.74) is 0. The molecule has 0 aromatic heterocycles. The first kappa shape index (κ1) is 14.4. The molecule has 0 aromatic rings. The van der Waals surface area contributed by atoms with Crippen molar-refractivity contribution in [2.24, 2.45) is 0 Å². The standard InChI is InChI=1S/C8H15NO2S.K/c1-9-4-2-7(3-5-9)12-6-8(10)11;/h7H,2-6H2,1H3,(H,10,11);/q;+1/p-1. The Balaban J connectivity index is 0.00000144. The van der Waals surface area contributed by atoms with E-state index < -0.39 is 5.97 Å². The Morgan fingerprint density at radius 1 is 1.54 bits per heavy atom. The summed E-state index contributed by atoms with van der Waals surface area (Å²) in [6.07, 6.45) is 2.21. The maximum absolute atomic E-state index is 10.2. The van der Waals surface area contributed by atoms with Crippen LogP contribution < -0.4 is 56.5 Å². The van der Waals surface area contributed by atoms with Gasteiger partial charge in [-0.2, -0.15) is 11.8 Å². The molecule has 0 saturated carbocycles. The molecule has 0 atom stereocenters. The van der Waals surface area contributed by atoms with Crippen molar-refractivity contribution < 1.29 is 61.3 Å². The van der Waals surface area contributed by atoms with E-state index in [9.17, 15) is 9.90 Å². The summed E-state index contributed by atoms with van der Waals surface area (Å²) in [5.74, 6) is -0.798. The van der Waals surface area contributed by atoms with E-state index in [-0.39, 0.29) is 57.1 Å². The van der Waals surface area contributed by atoms with Gasteiger partial charge in [-0.1, -0.05) is 0 Å². The molecule has 0 amide bonds. The second-order valence-electron chi connectivity index (χ2n) is 3.19. The van der Waals surface area contributed by atoms with Crippen LogP contribution in [0.25, 0.3) is 0 Å². The van der Waals surface area contributed by atoms with Crippen molar-refractivity contribution in [2.75, 3.05) is 25.9 Å². The van der Waals surface area contributed by atoms with Gasteiger partial charge in [-0.25, -0.2) is 0 Å². The Bertz CT molecular complexity index is 160. The molecule has 1 heterocycles. The van der Waals surface area contributed by atoms with Crippen molar-refractivity contribution >= 4 is 17.7 Å². The van der Waals surface area contributed by atoms with E-state index in [0.717, 1.165) is 25.9 Å². The van der Waals surface area contributed by atoms with E-state index >= 15 is 0 Å². The number of nitrogens with zero attached hydrogens (tertiary/aromatic N) is 1. The van der Waals surface area contributed by atoms with Crippen LogP contribution in [0.1, 0.15) is 12.8 Å². The smallest absolute Gasteiger partial charge is 0.549 e. The van der Waals surface area contributed by atoms with Crippen LogP contribution in [0.3, 0.4) is 0 Å². The largest absolute Gasteiger partial charge is 1.00 e. The van der Waals surface area contributed by atoms with Crippen molar-refractivity contribution in [3.63, 3.8) is 0 Å². The summed E-state index contributed by atoms with van der Waals surface area (Å²) in [6.45, 7) is 2.18. The summed E-state index contributed by atoms with van der Waals surface area (Å²) in [4.78, 5) is 12.4. The fourth-order valence-corrected chi connectivity index (χ4v) is 2.25. The van der Waals surface area contributed by atoms with Gasteiger partial charge in [-0.3, -0.25) is 0 Å². The van der Waals surface area contributed by atoms with Gasteiger partial charge in [-0.05, 0) is 33.0 Å². The van der Waals surface area contributed by atoms with Gasteiger partial charge in [0.2, 0.25) is 0 Å². The molecule has 0 N–H and O–H groups in total. The van der Waals surface area contributed by atoms with Gasteiger partial charge in [0.25, 0.3) is 0 Å². The molecule has 1 aliphatic rings. The minimum Gasteiger partial charge on any atom is -0.549 e. The van der Waals surface area contributed by atoms with Crippen LogP contribution >= 0.6 is 11.8 Å². The monoisotopic (exact) mass is 227 g/mol. The molecule has 1 fully saturated rings. The van der Waals surface area contributed by atoms with Crippen molar-refractivity contribution in [1.29, 1.82) is 0 Å². The van der Waals surface area contributed by atoms with E-state index in [1.807, 2.05) is 0 Å². The zero-order valence-corrected chi connectivity index (χ0v) is 12.2. The van der Waals surface area contributed by atoms with Crippen LogP contribution in [-0.4, -0.2) is 42.0 Å². The van der Waals surface area contributed by atoms with Crippen molar-refractivity contribution in [3.8, 4) is 0 Å². The molecule has 1 rings (SSSR count). The predicted molar refractivity (Wildman–Crippen MR) is 48.0 cm³/mol. The molecule has 13 heavy (non-hydrogen) atoms. The van der Waals surface area contributed by atoms with E-state index in [0.29, 0.717) is 5.25 Å². The zero-order valence-electron chi connectivity index (χ0n) is 8.28. The summed E-state index contributed by atoms with van der Waals surface area (Å²) in [6, 6.07) is 0. The molecule has 0 unspecified atom stereocenters. The molecule has 1 aliphatic heterocycles. The van der Waals surface area contributed by atoms with Crippen molar-refractivity contribution in [1.82, 2.24) is 4.90 Å². The Hall–Kier alpha value is 1.42. The molecule has 70 valence electrons. The van der Waals surface area contributed by atoms with Crippen LogP contribution in [0.4, 0.5) is 0 Å². The number of thioether (sulfide) groups is 1. The van der Waals surface area contributed by atoms with Gasteiger partial charge in [0.1, 0.15) is 0 Å². The summed E-state index contributed by atoms with van der Waals surface area (Å²) < 4.78 is 0. The topological polar surface area (TPSA) is 43.4 Å². The zero-order chi connectivity index (χ0) is 8.97. The number of carboxylic acid groups (broad SMARTS) is 1. The number of hydrogen-bond donors (Lipinski definition) is 0. The first-order chi connectivity index (χ1) is 5.68. The number of hydrogen-bond acceptors (Lipinski definition) is 4. The first-order valence-electron chi connectivity index (χ1n) is 4.18. The predicted octanol–water partition coefficient (Wildman–Crippen LogP) is -3.43. The van der Waals surface area contributed by atoms with E-state index in [2.05, 4.69) is 11.9 Å². The molecule has 5 heteroatoms. The van der Waals surface area contributed by atoms with Gasteiger partial charge in [0.05, 0.1) is 5.97 Å². The normalized spacial score (nSPS) is 19.5. The number of aliphatic carboxylic acids is 1. The number of piperidine rings is 1. The fraction of sp³-hybridized carbons (Fsp3) is 0.875. The van der Waals surface area contributed by atoms with Crippen LogP contribution in [0.15, 0.2) is 0 Å². The van der Waals surface area contributed by atoms with E-state index in [4.69, 9.17) is 0 Å². The Morgan fingerprint density at radius 2 is 2.08 bits per heavy atom. The van der Waals surface area contributed by atoms with E-state index in [1.54, 1.807) is 0 Å². The maximum Gasteiger partial charge on any atom is 1.00 e. The van der Waals surface area contributed by atoms with Gasteiger partial charge < -0.3 is 14.8 Å². The summed E-state index contributed by atoms with van der Waals surface area (Å²) in [5, 5.41) is 10.7. The average molecular weight is 227 g/mol. The molecule has 0 aliphatic carbocycles.